The van der Waals surface area contributed by atoms with Crippen LogP contribution in [0.1, 0.15) is 21.6 Å². The van der Waals surface area contributed by atoms with E-state index in [0.29, 0.717) is 27.7 Å². The number of para-hydroxylation sites is 1. The minimum absolute atomic E-state index is 0.0755. The number of hydrazone groups is 1. The number of H-pyrrole nitrogens is 1. The highest BCUT2D eigenvalue weighted by Crippen LogP contribution is 2.15. The molecule has 0 spiro atoms. The van der Waals surface area contributed by atoms with Gasteiger partial charge in [0.25, 0.3) is 5.56 Å². The van der Waals surface area contributed by atoms with Gasteiger partial charge in [-0.1, -0.05) is 29.8 Å². The predicted molar refractivity (Wildman–Crippen MR) is 116 cm³/mol. The summed E-state index contributed by atoms with van der Waals surface area (Å²) in [5.41, 5.74) is 4.22. The second kappa shape index (κ2) is 8.72. The lowest BCUT2D eigenvalue weighted by Gasteiger charge is -2.09. The van der Waals surface area contributed by atoms with Gasteiger partial charge in [0.1, 0.15) is 0 Å². The number of rotatable bonds is 5. The predicted octanol–water partition coefficient (Wildman–Crippen LogP) is 3.15. The Morgan fingerprint density at radius 1 is 1.28 bits per heavy atom. The third-order valence-corrected chi connectivity index (χ3v) is 4.38. The van der Waals surface area contributed by atoms with Gasteiger partial charge in [0.15, 0.2) is 5.11 Å². The molecule has 1 heterocycles. The number of nitrogens with one attached hydrogen (secondary N) is 3. The molecule has 0 fully saturated rings. The lowest BCUT2D eigenvalue weighted by Crippen LogP contribution is -2.25. The first-order valence-electron chi connectivity index (χ1n) is 8.36. The zero-order valence-corrected chi connectivity index (χ0v) is 16.7. The summed E-state index contributed by atoms with van der Waals surface area (Å²) in [6.07, 6.45) is 1.34. The average Bonchev–Trinajstić information content (AvgIpc) is 2.96. The van der Waals surface area contributed by atoms with Crippen molar-refractivity contribution in [1.29, 1.82) is 0 Å². The first kappa shape index (κ1) is 20.3. The number of benzene rings is 2. The molecule has 0 radical (unpaired) electrons. The Hall–Kier alpha value is -3.43. The Morgan fingerprint density at radius 3 is 2.76 bits per heavy atom. The number of aromatic nitrogens is 2. The number of halogens is 1. The van der Waals surface area contributed by atoms with Crippen LogP contribution in [-0.4, -0.2) is 32.2 Å². The van der Waals surface area contributed by atoms with Crippen molar-refractivity contribution in [2.75, 3.05) is 5.32 Å². The number of nitrogens with zero attached hydrogens (tertiary/aromatic N) is 2. The van der Waals surface area contributed by atoms with Crippen LogP contribution >= 0.6 is 23.8 Å². The minimum Gasteiger partial charge on any atom is -0.478 e. The van der Waals surface area contributed by atoms with Gasteiger partial charge >= 0.3 is 5.97 Å². The number of hydrogen-bond acceptors (Lipinski definition) is 4. The van der Waals surface area contributed by atoms with E-state index in [9.17, 15) is 14.7 Å². The van der Waals surface area contributed by atoms with Gasteiger partial charge < -0.3 is 10.4 Å². The summed E-state index contributed by atoms with van der Waals surface area (Å²) >= 11 is 11.1. The summed E-state index contributed by atoms with van der Waals surface area (Å²) in [5, 5.41) is 19.5. The van der Waals surface area contributed by atoms with Gasteiger partial charge in [-0.3, -0.25) is 15.3 Å². The van der Waals surface area contributed by atoms with Gasteiger partial charge in [-0.15, -0.1) is 0 Å². The third-order valence-electron chi connectivity index (χ3n) is 3.95. The van der Waals surface area contributed by atoms with Crippen molar-refractivity contribution in [1.82, 2.24) is 15.2 Å². The SMILES string of the molecule is Cc1[nH]n(-c2cccc(Cl)c2)c(=O)c1/C=N/NC(=S)Nc1ccccc1C(=O)O. The van der Waals surface area contributed by atoms with Crippen LogP contribution in [0, 0.1) is 6.92 Å². The van der Waals surface area contributed by atoms with Crippen molar-refractivity contribution in [3.05, 3.63) is 80.7 Å². The lowest BCUT2D eigenvalue weighted by atomic mass is 10.2. The Labute approximate surface area is 175 Å². The summed E-state index contributed by atoms with van der Waals surface area (Å²) in [6, 6.07) is 13.2. The lowest BCUT2D eigenvalue weighted by molar-refractivity contribution is 0.0698. The summed E-state index contributed by atoms with van der Waals surface area (Å²) in [7, 11) is 0. The van der Waals surface area contributed by atoms with Crippen molar-refractivity contribution in [3.8, 4) is 5.69 Å². The number of carboxylic acid groups (broad SMARTS) is 1. The molecule has 0 atom stereocenters. The Kier molecular flexibility index (Phi) is 6.10. The number of aromatic carboxylic acids is 1. The van der Waals surface area contributed by atoms with Gasteiger partial charge in [0, 0.05) is 10.7 Å². The highest BCUT2D eigenvalue weighted by Gasteiger charge is 2.12. The van der Waals surface area contributed by atoms with E-state index in [1.54, 1.807) is 49.4 Å². The molecule has 0 bridgehead atoms. The van der Waals surface area contributed by atoms with E-state index >= 15 is 0 Å². The molecule has 0 saturated carbocycles. The van der Waals surface area contributed by atoms with E-state index < -0.39 is 5.97 Å². The summed E-state index contributed by atoms with van der Waals surface area (Å²) in [5.74, 6) is -1.08. The second-order valence-electron chi connectivity index (χ2n) is 5.95. The fourth-order valence-corrected chi connectivity index (χ4v) is 2.94. The first-order valence-corrected chi connectivity index (χ1v) is 9.15. The number of aryl methyl sites for hydroxylation is 1. The monoisotopic (exact) mass is 429 g/mol. The molecule has 3 aromatic rings. The number of carboxylic acids is 1. The van der Waals surface area contributed by atoms with Crippen LogP contribution in [-0.2, 0) is 0 Å². The van der Waals surface area contributed by atoms with Crippen LogP contribution in [0.5, 0.6) is 0 Å². The maximum Gasteiger partial charge on any atom is 0.337 e. The molecule has 0 aliphatic carbocycles. The van der Waals surface area contributed by atoms with Crippen LogP contribution < -0.4 is 16.3 Å². The Balaban J connectivity index is 1.74. The number of hydrogen-bond donors (Lipinski definition) is 4. The van der Waals surface area contributed by atoms with E-state index in [-0.39, 0.29) is 16.2 Å². The second-order valence-corrected chi connectivity index (χ2v) is 6.79. The topological polar surface area (TPSA) is 112 Å². The Morgan fingerprint density at radius 2 is 2.03 bits per heavy atom. The number of carbonyl (C=O) groups is 1. The minimum atomic E-state index is -1.08. The van der Waals surface area contributed by atoms with Crippen molar-refractivity contribution in [2.24, 2.45) is 5.10 Å². The molecular formula is C19H16ClN5O3S. The number of anilines is 1. The normalized spacial score (nSPS) is 10.8. The molecular weight excluding hydrogens is 414 g/mol. The molecule has 148 valence electrons. The average molecular weight is 430 g/mol. The van der Waals surface area contributed by atoms with Gasteiger partial charge in [-0.2, -0.15) is 5.10 Å². The molecule has 2 aromatic carbocycles. The highest BCUT2D eigenvalue weighted by molar-refractivity contribution is 7.80. The summed E-state index contributed by atoms with van der Waals surface area (Å²) < 4.78 is 1.36. The largest absolute Gasteiger partial charge is 0.478 e. The fourth-order valence-electron chi connectivity index (χ4n) is 2.59. The first-order chi connectivity index (χ1) is 13.9. The molecule has 1 aromatic heterocycles. The third kappa shape index (κ3) is 4.71. The van der Waals surface area contributed by atoms with Gasteiger partial charge in [-0.25, -0.2) is 9.48 Å². The maximum absolute atomic E-state index is 12.6. The quantitative estimate of drug-likeness (QED) is 0.281. The van der Waals surface area contributed by atoms with E-state index in [0.717, 1.165) is 0 Å². The molecule has 3 rings (SSSR count). The van der Waals surface area contributed by atoms with E-state index in [2.05, 4.69) is 20.9 Å². The van der Waals surface area contributed by atoms with Crippen molar-refractivity contribution in [2.45, 2.75) is 6.92 Å². The molecule has 0 aliphatic rings. The van der Waals surface area contributed by atoms with Crippen LogP contribution in [0.2, 0.25) is 5.02 Å². The smallest absolute Gasteiger partial charge is 0.337 e. The maximum atomic E-state index is 12.6. The molecule has 0 aliphatic heterocycles. The molecule has 0 unspecified atom stereocenters. The van der Waals surface area contributed by atoms with E-state index in [1.807, 2.05) is 0 Å². The van der Waals surface area contributed by atoms with Crippen molar-refractivity contribution < 1.29 is 9.90 Å². The molecule has 8 nitrogen and oxygen atoms in total. The Bertz CT molecular complexity index is 1170. The van der Waals surface area contributed by atoms with Crippen LogP contribution in [0.25, 0.3) is 5.69 Å². The standard InChI is InChI=1S/C19H16ClN5O3S/c1-11-15(17(26)25(24-11)13-6-4-5-12(20)9-13)10-21-23-19(29)22-16-8-3-2-7-14(16)18(27)28/h2-10,24H,1H3,(H,27,28)(H2,22,23,29)/b21-10+. The van der Waals surface area contributed by atoms with Gasteiger partial charge in [0.2, 0.25) is 0 Å². The van der Waals surface area contributed by atoms with Gasteiger partial charge in [-0.05, 0) is 49.5 Å². The summed E-state index contributed by atoms with van der Waals surface area (Å²) in [4.78, 5) is 23.9. The highest BCUT2D eigenvalue weighted by atomic mass is 35.5. The molecule has 0 amide bonds. The van der Waals surface area contributed by atoms with Crippen molar-refractivity contribution in [3.63, 3.8) is 0 Å². The number of aromatic amines is 1. The van der Waals surface area contributed by atoms with E-state index in [1.165, 1.54) is 17.0 Å². The molecule has 0 saturated heterocycles. The molecule has 4 N–H and O–H groups in total. The van der Waals surface area contributed by atoms with Gasteiger partial charge in [0.05, 0.1) is 28.7 Å². The number of thiocarbonyl (C=S) groups is 1. The van der Waals surface area contributed by atoms with Crippen LogP contribution in [0.4, 0.5) is 5.69 Å². The van der Waals surface area contributed by atoms with Crippen LogP contribution in [0.3, 0.4) is 0 Å². The molecule has 29 heavy (non-hydrogen) atoms. The fraction of sp³-hybridized carbons (Fsp3) is 0.0526. The molecule has 10 heteroatoms. The zero-order chi connectivity index (χ0) is 21.0. The zero-order valence-electron chi connectivity index (χ0n) is 15.1. The van der Waals surface area contributed by atoms with E-state index in [4.69, 9.17) is 23.8 Å². The summed E-state index contributed by atoms with van der Waals surface area (Å²) in [6.45, 7) is 1.74. The van der Waals surface area contributed by atoms with Crippen LogP contribution in [0.15, 0.2) is 58.4 Å². The van der Waals surface area contributed by atoms with Crippen molar-refractivity contribution >= 4 is 46.8 Å².